The van der Waals surface area contributed by atoms with Crippen LogP contribution in [0, 0.1) is 0 Å². The van der Waals surface area contributed by atoms with Crippen LogP contribution in [0.15, 0.2) is 12.3 Å². The maximum atomic E-state index is 11.6. The van der Waals surface area contributed by atoms with E-state index in [9.17, 15) is 14.4 Å². The monoisotopic (exact) mass is 263 g/mol. The number of primary amides is 1. The van der Waals surface area contributed by atoms with E-state index in [1.807, 2.05) is 0 Å². The fraction of sp³-hybridized carbons (Fsp3) is 0.273. The van der Waals surface area contributed by atoms with E-state index in [0.29, 0.717) is 0 Å². The van der Waals surface area contributed by atoms with Gasteiger partial charge in [0.15, 0.2) is 0 Å². The van der Waals surface area contributed by atoms with E-state index in [2.05, 4.69) is 10.3 Å². The fourth-order valence-electron chi connectivity index (χ4n) is 1.86. The van der Waals surface area contributed by atoms with E-state index in [-0.39, 0.29) is 23.6 Å². The topological polar surface area (TPSA) is 131 Å². The summed E-state index contributed by atoms with van der Waals surface area (Å²) >= 11 is 0. The van der Waals surface area contributed by atoms with E-state index in [0.717, 1.165) is 0 Å². The largest absolute Gasteiger partial charge is 0.397 e. The Kier molecular flexibility index (Phi) is 3.07. The molecular weight excluding hydrogens is 250 g/mol. The number of piperazine rings is 1. The number of carbonyl (C=O) groups is 3. The lowest BCUT2D eigenvalue weighted by Crippen LogP contribution is -2.57. The molecule has 1 unspecified atom stereocenters. The van der Waals surface area contributed by atoms with Crippen LogP contribution in [0.4, 0.5) is 11.5 Å². The molecule has 1 atom stereocenters. The molecule has 1 fully saturated rings. The molecule has 8 nitrogen and oxygen atoms in total. The second-order valence-corrected chi connectivity index (χ2v) is 4.22. The number of pyridine rings is 1. The van der Waals surface area contributed by atoms with Gasteiger partial charge < -0.3 is 16.4 Å². The number of nitrogens with zero attached hydrogens (tertiary/aromatic N) is 2. The van der Waals surface area contributed by atoms with Crippen molar-refractivity contribution in [2.75, 3.05) is 17.2 Å². The number of nitrogens with one attached hydrogen (secondary N) is 1. The average molecular weight is 263 g/mol. The number of rotatable bonds is 2. The minimum absolute atomic E-state index is 0.0781. The van der Waals surface area contributed by atoms with Gasteiger partial charge in [-0.15, -0.1) is 0 Å². The SMILES string of the molecule is CC1C(=O)NC(=O)CN1c1ncc(N)cc1C(N)=O. The van der Waals surface area contributed by atoms with Gasteiger partial charge in [-0.3, -0.25) is 19.7 Å². The van der Waals surface area contributed by atoms with Crippen LogP contribution < -0.4 is 21.7 Å². The zero-order valence-electron chi connectivity index (χ0n) is 10.2. The molecule has 0 saturated carbocycles. The number of aromatic nitrogens is 1. The van der Waals surface area contributed by atoms with E-state index < -0.39 is 23.8 Å². The summed E-state index contributed by atoms with van der Waals surface area (Å²) in [5, 5.41) is 2.20. The molecule has 1 aliphatic rings. The average Bonchev–Trinajstić information content (AvgIpc) is 2.34. The summed E-state index contributed by atoms with van der Waals surface area (Å²) in [7, 11) is 0. The minimum Gasteiger partial charge on any atom is -0.397 e. The summed E-state index contributed by atoms with van der Waals surface area (Å²) in [6.07, 6.45) is 1.34. The van der Waals surface area contributed by atoms with Crippen LogP contribution in [0.3, 0.4) is 0 Å². The smallest absolute Gasteiger partial charge is 0.252 e. The number of hydrogen-bond donors (Lipinski definition) is 3. The molecule has 1 aliphatic heterocycles. The number of amides is 3. The van der Waals surface area contributed by atoms with Crippen molar-refractivity contribution in [1.82, 2.24) is 10.3 Å². The first-order valence-corrected chi connectivity index (χ1v) is 5.56. The molecule has 2 heterocycles. The molecule has 0 aliphatic carbocycles. The normalized spacial score (nSPS) is 19.2. The zero-order chi connectivity index (χ0) is 14.2. The summed E-state index contributed by atoms with van der Waals surface area (Å²) < 4.78 is 0. The quantitative estimate of drug-likeness (QED) is 0.563. The van der Waals surface area contributed by atoms with Crippen LogP contribution in [0.1, 0.15) is 17.3 Å². The van der Waals surface area contributed by atoms with Crippen LogP contribution in [0.5, 0.6) is 0 Å². The van der Waals surface area contributed by atoms with Gasteiger partial charge in [-0.1, -0.05) is 0 Å². The third kappa shape index (κ3) is 2.32. The van der Waals surface area contributed by atoms with Crippen molar-refractivity contribution in [2.24, 2.45) is 5.73 Å². The maximum absolute atomic E-state index is 11.6. The molecule has 1 aromatic rings. The molecule has 0 spiro atoms. The highest BCUT2D eigenvalue weighted by Crippen LogP contribution is 2.22. The molecule has 2 rings (SSSR count). The summed E-state index contributed by atoms with van der Waals surface area (Å²) in [6, 6.07) is 0.737. The van der Waals surface area contributed by atoms with Gasteiger partial charge in [0.2, 0.25) is 11.8 Å². The predicted molar refractivity (Wildman–Crippen MR) is 67.1 cm³/mol. The number of hydrogen-bond acceptors (Lipinski definition) is 6. The number of carbonyl (C=O) groups excluding carboxylic acids is 3. The van der Waals surface area contributed by atoms with Crippen molar-refractivity contribution >= 4 is 29.2 Å². The van der Waals surface area contributed by atoms with Crippen LogP contribution >= 0.6 is 0 Å². The van der Waals surface area contributed by atoms with Crippen molar-refractivity contribution in [3.8, 4) is 0 Å². The van der Waals surface area contributed by atoms with Crippen molar-refractivity contribution in [3.05, 3.63) is 17.8 Å². The Morgan fingerprint density at radius 2 is 2.21 bits per heavy atom. The van der Waals surface area contributed by atoms with E-state index in [4.69, 9.17) is 11.5 Å². The molecule has 0 aromatic carbocycles. The molecule has 5 N–H and O–H groups in total. The molecule has 1 saturated heterocycles. The lowest BCUT2D eigenvalue weighted by Gasteiger charge is -2.33. The minimum atomic E-state index is -0.722. The van der Waals surface area contributed by atoms with Crippen molar-refractivity contribution < 1.29 is 14.4 Å². The molecular formula is C11H13N5O3. The van der Waals surface area contributed by atoms with Crippen LogP contribution in [0.25, 0.3) is 0 Å². The van der Waals surface area contributed by atoms with Crippen LogP contribution in [-0.2, 0) is 9.59 Å². The summed E-state index contributed by atoms with van der Waals surface area (Å²) in [5.41, 5.74) is 11.2. The molecule has 1 aromatic heterocycles. The highest BCUT2D eigenvalue weighted by molar-refractivity contribution is 6.06. The van der Waals surface area contributed by atoms with Gasteiger partial charge in [0.1, 0.15) is 11.9 Å². The van der Waals surface area contributed by atoms with Gasteiger partial charge >= 0.3 is 0 Å². The van der Waals surface area contributed by atoms with Crippen LogP contribution in [-0.4, -0.2) is 35.3 Å². The summed E-state index contributed by atoms with van der Waals surface area (Å²) in [4.78, 5) is 39.8. The van der Waals surface area contributed by atoms with Gasteiger partial charge in [0.05, 0.1) is 24.0 Å². The lowest BCUT2D eigenvalue weighted by atomic mass is 10.1. The van der Waals surface area contributed by atoms with Gasteiger partial charge in [0, 0.05) is 0 Å². The maximum Gasteiger partial charge on any atom is 0.252 e. The Morgan fingerprint density at radius 1 is 1.53 bits per heavy atom. The molecule has 0 radical (unpaired) electrons. The Bertz CT molecular complexity index is 571. The molecule has 3 amide bonds. The van der Waals surface area contributed by atoms with Crippen molar-refractivity contribution in [3.63, 3.8) is 0 Å². The van der Waals surface area contributed by atoms with E-state index in [1.54, 1.807) is 6.92 Å². The summed E-state index contributed by atoms with van der Waals surface area (Å²) in [6.45, 7) is 1.52. The molecule has 100 valence electrons. The molecule has 8 heteroatoms. The Labute approximate surface area is 108 Å². The van der Waals surface area contributed by atoms with Gasteiger partial charge in [-0.25, -0.2) is 4.98 Å². The lowest BCUT2D eigenvalue weighted by molar-refractivity contribution is -0.132. The summed E-state index contributed by atoms with van der Waals surface area (Å²) in [5.74, 6) is -1.46. The Morgan fingerprint density at radius 3 is 2.84 bits per heavy atom. The molecule has 0 bridgehead atoms. The van der Waals surface area contributed by atoms with Gasteiger partial charge in [0.25, 0.3) is 5.91 Å². The highest BCUT2D eigenvalue weighted by atomic mass is 16.2. The van der Waals surface area contributed by atoms with Crippen LogP contribution in [0.2, 0.25) is 0 Å². The first-order valence-electron chi connectivity index (χ1n) is 5.56. The third-order valence-corrected chi connectivity index (χ3v) is 2.85. The highest BCUT2D eigenvalue weighted by Gasteiger charge is 2.33. The Hall–Kier alpha value is -2.64. The third-order valence-electron chi connectivity index (χ3n) is 2.85. The van der Waals surface area contributed by atoms with E-state index >= 15 is 0 Å². The standard InChI is InChI=1S/C11H13N5O3/c1-5-11(19)15-8(17)4-16(5)10-7(9(13)18)2-6(12)3-14-10/h2-3,5H,4,12H2,1H3,(H2,13,18)(H,15,17,19). The van der Waals surface area contributed by atoms with Gasteiger partial charge in [-0.05, 0) is 13.0 Å². The fourth-order valence-corrected chi connectivity index (χ4v) is 1.86. The number of imide groups is 1. The second kappa shape index (κ2) is 4.56. The predicted octanol–water partition coefficient (Wildman–Crippen LogP) is -1.39. The van der Waals surface area contributed by atoms with E-state index in [1.165, 1.54) is 17.2 Å². The second-order valence-electron chi connectivity index (χ2n) is 4.22. The number of anilines is 2. The molecule has 19 heavy (non-hydrogen) atoms. The van der Waals surface area contributed by atoms with Crippen molar-refractivity contribution in [1.29, 1.82) is 0 Å². The van der Waals surface area contributed by atoms with Gasteiger partial charge in [-0.2, -0.15) is 0 Å². The first kappa shape index (κ1) is 12.8. The Balaban J connectivity index is 2.48. The number of nitrogen functional groups attached to an aromatic ring is 1. The van der Waals surface area contributed by atoms with Crippen molar-refractivity contribution in [2.45, 2.75) is 13.0 Å². The zero-order valence-corrected chi connectivity index (χ0v) is 10.2. The number of nitrogens with two attached hydrogens (primary N) is 2. The first-order chi connectivity index (χ1) is 8.90.